The maximum atomic E-state index is 12.4. The van der Waals surface area contributed by atoms with Gasteiger partial charge in [0.25, 0.3) is 0 Å². The van der Waals surface area contributed by atoms with Crippen LogP contribution in [-0.2, 0) is 17.9 Å². The zero-order chi connectivity index (χ0) is 25.1. The Labute approximate surface area is 212 Å². The molecular formula is C25H26N8O4. The van der Waals surface area contributed by atoms with Gasteiger partial charge in [0.2, 0.25) is 18.6 Å². The van der Waals surface area contributed by atoms with Crippen molar-refractivity contribution in [2.24, 2.45) is 11.7 Å². The third kappa shape index (κ3) is 3.88. The molecule has 3 aliphatic heterocycles. The van der Waals surface area contributed by atoms with E-state index in [2.05, 4.69) is 10.3 Å². The number of amides is 3. The number of urea groups is 1. The summed E-state index contributed by atoms with van der Waals surface area (Å²) in [6.07, 6.45) is 4.56. The van der Waals surface area contributed by atoms with E-state index in [-0.39, 0.29) is 24.7 Å². The molecular weight excluding hydrogens is 476 g/mol. The third-order valence-electron chi connectivity index (χ3n) is 7.31. The van der Waals surface area contributed by atoms with Gasteiger partial charge >= 0.3 is 6.03 Å². The Morgan fingerprint density at radius 3 is 2.73 bits per heavy atom. The van der Waals surface area contributed by atoms with Crippen LogP contribution in [0.4, 0.5) is 10.7 Å². The molecule has 0 unspecified atom stereocenters. The second-order valence-electron chi connectivity index (χ2n) is 9.85. The van der Waals surface area contributed by atoms with Crippen molar-refractivity contribution in [3.8, 4) is 28.7 Å². The summed E-state index contributed by atoms with van der Waals surface area (Å²) in [6, 6.07) is 7.09. The smallest absolute Gasteiger partial charge is 0.315 e. The summed E-state index contributed by atoms with van der Waals surface area (Å²) in [6.45, 7) is 2.25. The van der Waals surface area contributed by atoms with Gasteiger partial charge in [0, 0.05) is 36.8 Å². The number of carbonyl (C=O) groups is 2. The van der Waals surface area contributed by atoms with E-state index < -0.39 is 6.03 Å². The zero-order valence-electron chi connectivity index (χ0n) is 20.1. The molecule has 3 amide bonds. The van der Waals surface area contributed by atoms with Gasteiger partial charge in [-0.2, -0.15) is 4.98 Å². The summed E-state index contributed by atoms with van der Waals surface area (Å²) in [5.74, 6) is 3.60. The number of rotatable bonds is 5. The summed E-state index contributed by atoms with van der Waals surface area (Å²) >= 11 is 0. The average molecular weight is 503 g/mol. The van der Waals surface area contributed by atoms with Crippen LogP contribution in [0, 0.1) is 5.92 Å². The Morgan fingerprint density at radius 1 is 1.03 bits per heavy atom. The molecule has 190 valence electrons. The van der Waals surface area contributed by atoms with Gasteiger partial charge in [0.05, 0.1) is 24.5 Å². The number of likely N-dealkylation sites (tertiary alicyclic amines) is 1. The van der Waals surface area contributed by atoms with Crippen molar-refractivity contribution < 1.29 is 19.1 Å². The van der Waals surface area contributed by atoms with Crippen molar-refractivity contribution in [3.63, 3.8) is 0 Å². The quantitative estimate of drug-likeness (QED) is 0.539. The van der Waals surface area contributed by atoms with Gasteiger partial charge in [-0.25, -0.2) is 14.8 Å². The Hall–Kier alpha value is -4.35. The first-order valence-corrected chi connectivity index (χ1v) is 12.5. The molecule has 3 aromatic rings. The molecule has 2 aromatic heterocycles. The number of nitrogens with two attached hydrogens (primary N) is 1. The molecule has 1 saturated heterocycles. The Kier molecular flexibility index (Phi) is 4.94. The highest BCUT2D eigenvalue weighted by atomic mass is 16.7. The normalized spacial score (nSPS) is 19.8. The summed E-state index contributed by atoms with van der Waals surface area (Å²) in [7, 11) is 0. The predicted molar refractivity (Wildman–Crippen MR) is 131 cm³/mol. The van der Waals surface area contributed by atoms with Crippen LogP contribution < -0.4 is 20.5 Å². The van der Waals surface area contributed by atoms with Crippen LogP contribution in [-0.4, -0.2) is 67.2 Å². The molecule has 3 N–H and O–H groups in total. The van der Waals surface area contributed by atoms with E-state index >= 15 is 0 Å². The standard InChI is InChI=1S/C25H26N8O4/c26-24(35)32-11-17-18(12-32)33(22(29-17)15-3-4-19-20(9-15)37-13-36-19)21-5-7-27-25(30-21)28-16-6-8-31(10-16)23(34)14-1-2-14/h3-5,7,9,14,16H,1-2,6,8,10-13H2,(H2,26,35)(H,27,28,30)/t16-/m0/s1. The van der Waals surface area contributed by atoms with E-state index in [1.165, 1.54) is 0 Å². The van der Waals surface area contributed by atoms with Gasteiger partial charge in [-0.15, -0.1) is 0 Å². The van der Waals surface area contributed by atoms with Gasteiger partial charge in [-0.1, -0.05) is 0 Å². The molecule has 0 radical (unpaired) electrons. The number of hydrogen-bond acceptors (Lipinski definition) is 8. The predicted octanol–water partition coefficient (Wildman–Crippen LogP) is 1.88. The van der Waals surface area contributed by atoms with Crippen molar-refractivity contribution in [1.29, 1.82) is 0 Å². The third-order valence-corrected chi connectivity index (χ3v) is 7.31. The first-order valence-electron chi connectivity index (χ1n) is 12.5. The minimum absolute atomic E-state index is 0.0881. The van der Waals surface area contributed by atoms with Gasteiger partial charge in [-0.3, -0.25) is 9.36 Å². The molecule has 4 aliphatic rings. The van der Waals surface area contributed by atoms with E-state index in [9.17, 15) is 9.59 Å². The number of benzene rings is 1. The number of carbonyl (C=O) groups excluding carboxylic acids is 2. The molecule has 1 saturated carbocycles. The first kappa shape index (κ1) is 21.9. The number of anilines is 1. The monoisotopic (exact) mass is 502 g/mol. The summed E-state index contributed by atoms with van der Waals surface area (Å²) in [4.78, 5) is 41.9. The van der Waals surface area contributed by atoms with Crippen LogP contribution in [0.2, 0.25) is 0 Å². The molecule has 2 fully saturated rings. The minimum atomic E-state index is -0.495. The van der Waals surface area contributed by atoms with E-state index in [0.717, 1.165) is 42.8 Å². The Morgan fingerprint density at radius 2 is 1.89 bits per heavy atom. The molecule has 0 bridgehead atoms. The average Bonchev–Trinajstić information content (AvgIpc) is 3.23. The Balaban J connectivity index is 1.21. The molecule has 1 atom stereocenters. The van der Waals surface area contributed by atoms with Crippen LogP contribution >= 0.6 is 0 Å². The number of ether oxygens (including phenoxy) is 2. The largest absolute Gasteiger partial charge is 0.454 e. The van der Waals surface area contributed by atoms with E-state index in [1.807, 2.05) is 33.7 Å². The molecule has 5 heterocycles. The lowest BCUT2D eigenvalue weighted by Gasteiger charge is -2.18. The molecule has 12 nitrogen and oxygen atoms in total. The van der Waals surface area contributed by atoms with E-state index in [4.69, 9.17) is 25.2 Å². The lowest BCUT2D eigenvalue weighted by molar-refractivity contribution is -0.131. The number of nitrogens with zero attached hydrogens (tertiary/aromatic N) is 6. The summed E-state index contributed by atoms with van der Waals surface area (Å²) < 4.78 is 13.0. The number of nitrogens with one attached hydrogen (secondary N) is 1. The first-order chi connectivity index (χ1) is 18.0. The maximum absolute atomic E-state index is 12.4. The highest BCUT2D eigenvalue weighted by molar-refractivity contribution is 5.81. The van der Waals surface area contributed by atoms with Gasteiger partial charge in [-0.05, 0) is 43.5 Å². The lowest BCUT2D eigenvalue weighted by Crippen LogP contribution is -2.32. The van der Waals surface area contributed by atoms with E-state index in [0.29, 0.717) is 48.7 Å². The van der Waals surface area contributed by atoms with Crippen molar-refractivity contribution in [2.75, 3.05) is 25.2 Å². The zero-order valence-corrected chi connectivity index (χ0v) is 20.1. The molecule has 37 heavy (non-hydrogen) atoms. The van der Waals surface area contributed by atoms with E-state index in [1.54, 1.807) is 11.1 Å². The number of imidazole rings is 1. The Bertz CT molecular complexity index is 1420. The fourth-order valence-electron chi connectivity index (χ4n) is 5.23. The highest BCUT2D eigenvalue weighted by Crippen LogP contribution is 2.38. The number of primary amides is 1. The van der Waals surface area contributed by atoms with Crippen molar-refractivity contribution >= 4 is 17.9 Å². The van der Waals surface area contributed by atoms with Crippen molar-refractivity contribution in [1.82, 2.24) is 29.3 Å². The topological polar surface area (TPSA) is 141 Å². The van der Waals surface area contributed by atoms with Crippen LogP contribution in [0.1, 0.15) is 30.7 Å². The second kappa shape index (κ2) is 8.36. The molecule has 0 spiro atoms. The summed E-state index contributed by atoms with van der Waals surface area (Å²) in [5.41, 5.74) is 8.01. The summed E-state index contributed by atoms with van der Waals surface area (Å²) in [5, 5.41) is 3.40. The number of fused-ring (bicyclic) bond motifs is 2. The SMILES string of the molecule is NC(=O)N1Cc2nc(-c3ccc4c(c3)OCO4)n(-c3ccnc(N[C@H]4CCN(C(=O)C5CC5)C4)n3)c2C1. The molecule has 1 aromatic carbocycles. The van der Waals surface area contributed by atoms with Crippen LogP contribution in [0.5, 0.6) is 11.5 Å². The van der Waals surface area contributed by atoms with Gasteiger partial charge in [0.15, 0.2) is 11.5 Å². The number of aromatic nitrogens is 4. The van der Waals surface area contributed by atoms with Crippen LogP contribution in [0.25, 0.3) is 17.2 Å². The molecule has 7 rings (SSSR count). The molecule has 1 aliphatic carbocycles. The maximum Gasteiger partial charge on any atom is 0.315 e. The van der Waals surface area contributed by atoms with Crippen molar-refractivity contribution in [2.45, 2.75) is 38.4 Å². The fourth-order valence-corrected chi connectivity index (χ4v) is 5.23. The van der Waals surface area contributed by atoms with Crippen molar-refractivity contribution in [3.05, 3.63) is 41.9 Å². The highest BCUT2D eigenvalue weighted by Gasteiger charge is 2.37. The van der Waals surface area contributed by atoms with Gasteiger partial charge in [0.1, 0.15) is 11.6 Å². The second-order valence-corrected chi connectivity index (χ2v) is 9.85. The lowest BCUT2D eigenvalue weighted by atomic mass is 10.2. The van der Waals surface area contributed by atoms with Gasteiger partial charge < -0.3 is 30.3 Å². The minimum Gasteiger partial charge on any atom is -0.454 e. The number of hydrogen-bond donors (Lipinski definition) is 2. The molecule has 12 heteroatoms. The fraction of sp³-hybridized carbons (Fsp3) is 0.400. The van der Waals surface area contributed by atoms with Crippen LogP contribution in [0.15, 0.2) is 30.5 Å². The van der Waals surface area contributed by atoms with Crippen LogP contribution in [0.3, 0.4) is 0 Å².